The van der Waals surface area contributed by atoms with Gasteiger partial charge in [-0.25, -0.2) is 12.8 Å². The summed E-state index contributed by atoms with van der Waals surface area (Å²) in [6.45, 7) is -0.785. The highest BCUT2D eigenvalue weighted by Gasteiger charge is 2.54. The summed E-state index contributed by atoms with van der Waals surface area (Å²) in [5, 5.41) is 0. The molecule has 12 heteroatoms. The van der Waals surface area contributed by atoms with E-state index < -0.39 is 39.3 Å². The third-order valence-electron chi connectivity index (χ3n) is 6.47. The minimum atomic E-state index is -5.63. The van der Waals surface area contributed by atoms with Gasteiger partial charge in [0.15, 0.2) is 5.82 Å². The van der Waals surface area contributed by atoms with Crippen LogP contribution in [-0.4, -0.2) is 40.9 Å². The molecule has 0 saturated heterocycles. The van der Waals surface area contributed by atoms with Crippen molar-refractivity contribution in [1.82, 2.24) is 9.29 Å². The molecular weight excluding hydrogens is 528 g/mol. The van der Waals surface area contributed by atoms with Crippen molar-refractivity contribution < 1.29 is 26.0 Å². The van der Waals surface area contributed by atoms with E-state index in [1.807, 2.05) is 35.2 Å². The van der Waals surface area contributed by atoms with E-state index in [9.17, 15) is 26.0 Å². The molecule has 1 aliphatic rings. The van der Waals surface area contributed by atoms with Crippen molar-refractivity contribution in [3.05, 3.63) is 89.5 Å². The lowest BCUT2D eigenvalue weighted by Crippen LogP contribution is -2.54. The van der Waals surface area contributed by atoms with E-state index in [0.717, 1.165) is 11.8 Å². The Kier molecular flexibility index (Phi) is 7.72. The van der Waals surface area contributed by atoms with E-state index in [-0.39, 0.29) is 12.2 Å². The normalized spacial score (nSPS) is 18.9. The van der Waals surface area contributed by atoms with Gasteiger partial charge in [0.1, 0.15) is 4.87 Å². The summed E-state index contributed by atoms with van der Waals surface area (Å²) >= 11 is 1.27. The molecule has 0 aliphatic carbocycles. The van der Waals surface area contributed by atoms with Crippen molar-refractivity contribution in [1.29, 1.82) is 0 Å². The summed E-state index contributed by atoms with van der Waals surface area (Å²) in [4.78, 5) is 4.90. The summed E-state index contributed by atoms with van der Waals surface area (Å²) in [6.07, 6.45) is 3.56. The lowest BCUT2D eigenvalue weighted by Gasteiger charge is -2.45. The number of anilines is 2. The number of rotatable bonds is 7. The molecule has 1 atom stereocenters. The summed E-state index contributed by atoms with van der Waals surface area (Å²) in [6, 6.07) is 17.6. The highest BCUT2D eigenvalue weighted by atomic mass is 32.2. The fourth-order valence-corrected chi connectivity index (χ4v) is 6.54. The van der Waals surface area contributed by atoms with Crippen LogP contribution in [0.1, 0.15) is 23.2 Å². The number of aryl methyl sites for hydroxylation is 1. The van der Waals surface area contributed by atoms with Crippen LogP contribution in [0.15, 0.2) is 66.9 Å². The van der Waals surface area contributed by atoms with Crippen LogP contribution in [0.5, 0.6) is 0 Å². The molecular formula is C25H26F4N4O2S2. The maximum atomic E-state index is 13.8. The number of alkyl halides is 3. The van der Waals surface area contributed by atoms with Gasteiger partial charge in [0.25, 0.3) is 0 Å². The third-order valence-corrected chi connectivity index (χ3v) is 9.30. The lowest BCUT2D eigenvalue weighted by molar-refractivity contribution is -0.0493. The number of pyridine rings is 1. The van der Waals surface area contributed by atoms with Gasteiger partial charge in [-0.2, -0.15) is 17.5 Å². The molecule has 4 rings (SSSR count). The van der Waals surface area contributed by atoms with Crippen LogP contribution < -0.4 is 10.6 Å². The van der Waals surface area contributed by atoms with E-state index in [4.69, 9.17) is 5.73 Å². The minimum Gasteiger partial charge on any atom is -0.396 e. The first-order chi connectivity index (χ1) is 17.5. The molecule has 0 saturated carbocycles. The molecule has 0 bridgehead atoms. The van der Waals surface area contributed by atoms with E-state index in [1.54, 1.807) is 30.5 Å². The quantitative estimate of drug-likeness (QED) is 0.406. The summed E-state index contributed by atoms with van der Waals surface area (Å²) in [7, 11) is -5.63. The molecule has 6 nitrogen and oxygen atoms in total. The van der Waals surface area contributed by atoms with Gasteiger partial charge in [0.2, 0.25) is 0 Å². The Morgan fingerprint density at radius 2 is 1.78 bits per heavy atom. The van der Waals surface area contributed by atoms with Crippen LogP contribution >= 0.6 is 11.8 Å². The molecule has 2 aromatic carbocycles. The summed E-state index contributed by atoms with van der Waals surface area (Å²) in [5.41, 5.74) is 2.57. The number of aromatic nitrogens is 1. The molecule has 2 N–H and O–H groups in total. The van der Waals surface area contributed by atoms with Gasteiger partial charge in [-0.15, -0.1) is 11.8 Å². The Labute approximate surface area is 217 Å². The molecule has 0 spiro atoms. The fourth-order valence-electron chi connectivity index (χ4n) is 4.50. The number of fused-ring (bicyclic) bond motifs is 1. The average molecular weight is 555 g/mol. The number of hydrogen-bond donors (Lipinski definition) is 1. The second kappa shape index (κ2) is 10.5. The van der Waals surface area contributed by atoms with Crippen LogP contribution in [-0.2, 0) is 29.5 Å². The number of nitrogens with two attached hydrogens (primary N) is 1. The largest absolute Gasteiger partial charge is 0.511 e. The van der Waals surface area contributed by atoms with E-state index >= 15 is 0 Å². The van der Waals surface area contributed by atoms with Crippen molar-refractivity contribution >= 4 is 33.2 Å². The average Bonchev–Trinajstić information content (AvgIpc) is 3.00. The van der Waals surface area contributed by atoms with Crippen LogP contribution in [0.3, 0.4) is 0 Å². The zero-order valence-corrected chi connectivity index (χ0v) is 21.6. The van der Waals surface area contributed by atoms with E-state index in [0.29, 0.717) is 34.1 Å². The molecule has 2 heterocycles. The number of nitrogens with zero attached hydrogens (tertiary/aromatic N) is 3. The Balaban J connectivity index is 1.86. The van der Waals surface area contributed by atoms with Crippen molar-refractivity contribution in [2.75, 3.05) is 23.4 Å². The maximum Gasteiger partial charge on any atom is 0.511 e. The number of hydrogen-bond acceptors (Lipinski definition) is 6. The molecule has 1 aromatic heterocycles. The Morgan fingerprint density at radius 1 is 1.11 bits per heavy atom. The van der Waals surface area contributed by atoms with Gasteiger partial charge < -0.3 is 10.6 Å². The molecule has 1 aliphatic heterocycles. The number of thioether (sulfide) groups is 1. The van der Waals surface area contributed by atoms with Crippen molar-refractivity contribution in [2.45, 2.75) is 36.3 Å². The molecule has 3 aromatic rings. The van der Waals surface area contributed by atoms with Crippen molar-refractivity contribution in [3.8, 4) is 0 Å². The van der Waals surface area contributed by atoms with Gasteiger partial charge in [-0.05, 0) is 42.4 Å². The van der Waals surface area contributed by atoms with Crippen LogP contribution in [0, 0.1) is 5.82 Å². The number of halogens is 4. The predicted octanol–water partition coefficient (Wildman–Crippen LogP) is 5.17. The first kappa shape index (κ1) is 27.2. The lowest BCUT2D eigenvalue weighted by atomic mass is 10.0. The van der Waals surface area contributed by atoms with E-state index in [2.05, 4.69) is 4.98 Å². The summed E-state index contributed by atoms with van der Waals surface area (Å²) in [5.74, 6) is -0.678. The zero-order chi connectivity index (χ0) is 26.8. The van der Waals surface area contributed by atoms with Gasteiger partial charge >= 0.3 is 15.5 Å². The number of sulfonamides is 1. The predicted molar refractivity (Wildman–Crippen MR) is 138 cm³/mol. The fraction of sp³-hybridized carbons (Fsp3) is 0.320. The molecule has 0 fully saturated rings. The van der Waals surface area contributed by atoms with E-state index in [1.165, 1.54) is 17.8 Å². The van der Waals surface area contributed by atoms with Crippen molar-refractivity contribution in [3.63, 3.8) is 0 Å². The second-order valence-electron chi connectivity index (χ2n) is 8.77. The van der Waals surface area contributed by atoms with Gasteiger partial charge in [0.05, 0.1) is 24.1 Å². The first-order valence-electron chi connectivity index (χ1n) is 11.4. The SMILES string of the molecule is CSC1(CCc2ccccc2)CN(S(=O)(=O)C(F)(F)F)Cc2ccccc2N1Cc1cc(N)c(F)cn1. The smallest absolute Gasteiger partial charge is 0.396 e. The van der Waals surface area contributed by atoms with Gasteiger partial charge in [0, 0.05) is 18.8 Å². The number of nitrogen functional groups attached to an aromatic ring is 1. The summed E-state index contributed by atoms with van der Waals surface area (Å²) < 4.78 is 81.0. The zero-order valence-electron chi connectivity index (χ0n) is 20.0. The van der Waals surface area contributed by atoms with Gasteiger partial charge in [-0.3, -0.25) is 4.98 Å². The topological polar surface area (TPSA) is 79.5 Å². The van der Waals surface area contributed by atoms with Crippen LogP contribution in [0.2, 0.25) is 0 Å². The maximum absolute atomic E-state index is 13.8. The van der Waals surface area contributed by atoms with Gasteiger partial charge in [-0.1, -0.05) is 48.5 Å². The molecule has 198 valence electrons. The molecule has 0 radical (unpaired) electrons. The number of benzene rings is 2. The highest BCUT2D eigenvalue weighted by Crippen LogP contribution is 2.44. The number of para-hydroxylation sites is 1. The standard InChI is InChI=1S/C25H26F4N4O2S2/c1-36-24(12-11-18-7-3-2-4-8-18)17-32(37(34,35)25(27,28)29)15-19-9-5-6-10-23(19)33(24)16-20-13-22(30)21(26)14-31-20/h2-10,13-14H,11-12,15-17H2,1H3,(H2,30,31). The minimum absolute atomic E-state index is 0.0804. The highest BCUT2D eigenvalue weighted by molar-refractivity contribution is 8.00. The second-order valence-corrected chi connectivity index (χ2v) is 11.9. The van der Waals surface area contributed by atoms with Crippen LogP contribution in [0.4, 0.5) is 28.9 Å². The molecule has 0 amide bonds. The Morgan fingerprint density at radius 3 is 2.43 bits per heavy atom. The first-order valence-corrected chi connectivity index (χ1v) is 14.0. The monoisotopic (exact) mass is 554 g/mol. The molecule has 1 unspecified atom stereocenters. The third kappa shape index (κ3) is 5.55. The Bertz CT molecular complexity index is 1360. The Hall–Kier alpha value is -2.83. The van der Waals surface area contributed by atoms with Crippen molar-refractivity contribution in [2.24, 2.45) is 0 Å². The molecule has 37 heavy (non-hydrogen) atoms. The van der Waals surface area contributed by atoms with Crippen LogP contribution in [0.25, 0.3) is 0 Å².